The molecular formula is C30H31N3O3S2. The summed E-state index contributed by atoms with van der Waals surface area (Å²) in [4.78, 5) is 41.7. The molecule has 2 N–H and O–H groups in total. The maximum atomic E-state index is 14.1. The lowest BCUT2D eigenvalue weighted by Gasteiger charge is -2.33. The monoisotopic (exact) mass is 545 g/mol. The van der Waals surface area contributed by atoms with Gasteiger partial charge in [-0.25, -0.2) is 0 Å². The van der Waals surface area contributed by atoms with E-state index in [4.69, 9.17) is 0 Å². The van der Waals surface area contributed by atoms with Crippen LogP contribution in [0.5, 0.6) is 0 Å². The lowest BCUT2D eigenvalue weighted by molar-refractivity contribution is -0.127. The Bertz CT molecular complexity index is 1450. The Morgan fingerprint density at radius 2 is 1.74 bits per heavy atom. The van der Waals surface area contributed by atoms with Crippen molar-refractivity contribution in [3.8, 4) is 0 Å². The molecule has 0 aliphatic heterocycles. The quantitative estimate of drug-likeness (QED) is 0.264. The number of hydrogen-bond donors (Lipinski definition) is 2. The molecule has 1 aliphatic carbocycles. The summed E-state index contributed by atoms with van der Waals surface area (Å²) in [6.07, 6.45) is 2.01. The second-order valence-electron chi connectivity index (χ2n) is 10.7. The van der Waals surface area contributed by atoms with Gasteiger partial charge in [-0.2, -0.15) is 11.3 Å². The van der Waals surface area contributed by atoms with E-state index in [1.807, 2.05) is 67.2 Å². The summed E-state index contributed by atoms with van der Waals surface area (Å²) in [5.74, 6) is -0.304. The first kappa shape index (κ1) is 26.1. The van der Waals surface area contributed by atoms with E-state index < -0.39 is 11.6 Å². The van der Waals surface area contributed by atoms with E-state index in [1.54, 1.807) is 40.5 Å². The Hall–Kier alpha value is -3.49. The van der Waals surface area contributed by atoms with Crippen LogP contribution >= 0.6 is 22.7 Å². The van der Waals surface area contributed by atoms with Crippen LogP contribution in [0.25, 0.3) is 10.1 Å². The van der Waals surface area contributed by atoms with Gasteiger partial charge in [-0.05, 0) is 103 Å². The molecule has 1 aliphatic rings. The molecule has 1 fully saturated rings. The second kappa shape index (κ2) is 10.7. The van der Waals surface area contributed by atoms with Crippen molar-refractivity contribution >= 4 is 61.9 Å². The van der Waals surface area contributed by atoms with Crippen LogP contribution in [0.4, 0.5) is 11.4 Å². The fraction of sp³-hybridized carbons (Fsp3) is 0.300. The van der Waals surface area contributed by atoms with Gasteiger partial charge in [0.25, 0.3) is 0 Å². The van der Waals surface area contributed by atoms with E-state index in [0.29, 0.717) is 11.4 Å². The molecule has 0 saturated heterocycles. The van der Waals surface area contributed by atoms with E-state index in [0.717, 1.165) is 34.1 Å². The lowest BCUT2D eigenvalue weighted by atomic mass is 10.0. The fourth-order valence-electron chi connectivity index (χ4n) is 4.44. The Balaban J connectivity index is 1.52. The molecule has 0 spiro atoms. The first-order valence-electron chi connectivity index (χ1n) is 12.7. The minimum Gasteiger partial charge on any atom is -0.349 e. The molecular weight excluding hydrogens is 514 g/mol. The van der Waals surface area contributed by atoms with Gasteiger partial charge in [0.2, 0.25) is 17.7 Å². The average Bonchev–Trinajstić information content (AvgIpc) is 3.45. The van der Waals surface area contributed by atoms with Crippen molar-refractivity contribution in [3.05, 3.63) is 81.9 Å². The second-order valence-corrected chi connectivity index (χ2v) is 12.4. The first-order chi connectivity index (χ1) is 18.2. The van der Waals surface area contributed by atoms with E-state index in [1.165, 1.54) is 11.3 Å². The standard InChI is InChI=1S/C30H31N3O3S2/c1-30(2,3)32-29(36)27(20-14-15-37-17-20)33(23-12-10-22(11-13-23)31-28(35)19-8-9-19)26(34)16-21-18-38-25-7-5-4-6-24(21)25/h4-7,10-15,17-19,27H,8-9,16H2,1-3H3,(H,31,35)(H,32,36). The molecule has 2 aromatic carbocycles. The minimum atomic E-state index is -0.843. The number of anilines is 2. The molecule has 38 heavy (non-hydrogen) atoms. The fourth-order valence-corrected chi connectivity index (χ4v) is 6.08. The summed E-state index contributed by atoms with van der Waals surface area (Å²) in [7, 11) is 0. The number of benzene rings is 2. The normalized spacial score (nSPS) is 14.2. The van der Waals surface area contributed by atoms with Gasteiger partial charge in [0.1, 0.15) is 6.04 Å². The number of carbonyl (C=O) groups excluding carboxylic acids is 3. The van der Waals surface area contributed by atoms with E-state index in [2.05, 4.69) is 10.6 Å². The summed E-state index contributed by atoms with van der Waals surface area (Å²) >= 11 is 3.10. The van der Waals surface area contributed by atoms with Crippen molar-refractivity contribution in [2.24, 2.45) is 5.92 Å². The van der Waals surface area contributed by atoms with Gasteiger partial charge in [0, 0.05) is 27.5 Å². The maximum absolute atomic E-state index is 14.1. The predicted molar refractivity (Wildman–Crippen MR) is 156 cm³/mol. The molecule has 1 unspecified atom stereocenters. The highest BCUT2D eigenvalue weighted by Crippen LogP contribution is 2.34. The Morgan fingerprint density at radius 1 is 1.00 bits per heavy atom. The number of carbonyl (C=O) groups is 3. The van der Waals surface area contributed by atoms with E-state index in [9.17, 15) is 14.4 Å². The van der Waals surface area contributed by atoms with Crippen LogP contribution in [0.2, 0.25) is 0 Å². The molecule has 6 nitrogen and oxygen atoms in total. The van der Waals surface area contributed by atoms with E-state index >= 15 is 0 Å². The zero-order valence-corrected chi connectivity index (χ0v) is 23.3. The van der Waals surface area contributed by atoms with Crippen molar-refractivity contribution in [3.63, 3.8) is 0 Å². The smallest absolute Gasteiger partial charge is 0.248 e. The topological polar surface area (TPSA) is 78.5 Å². The van der Waals surface area contributed by atoms with Crippen LogP contribution < -0.4 is 15.5 Å². The number of rotatable bonds is 8. The van der Waals surface area contributed by atoms with Crippen molar-refractivity contribution in [1.29, 1.82) is 0 Å². The highest BCUT2D eigenvalue weighted by Gasteiger charge is 2.35. The van der Waals surface area contributed by atoms with Crippen molar-refractivity contribution < 1.29 is 14.4 Å². The van der Waals surface area contributed by atoms with Gasteiger partial charge < -0.3 is 10.6 Å². The van der Waals surface area contributed by atoms with Crippen LogP contribution in [0.3, 0.4) is 0 Å². The summed E-state index contributed by atoms with van der Waals surface area (Å²) in [5, 5.41) is 12.9. The number of hydrogen-bond acceptors (Lipinski definition) is 5. The summed E-state index contributed by atoms with van der Waals surface area (Å²) in [6.45, 7) is 5.78. The molecule has 3 amide bonds. The third-order valence-corrected chi connectivity index (χ3v) is 8.11. The van der Waals surface area contributed by atoms with Gasteiger partial charge in [-0.15, -0.1) is 11.3 Å². The molecule has 4 aromatic rings. The zero-order valence-electron chi connectivity index (χ0n) is 21.7. The molecule has 1 saturated carbocycles. The minimum absolute atomic E-state index is 0.0238. The molecule has 8 heteroatoms. The number of thiophene rings is 2. The summed E-state index contributed by atoms with van der Waals surface area (Å²) in [5.41, 5.74) is 2.49. The maximum Gasteiger partial charge on any atom is 0.248 e. The molecule has 5 rings (SSSR count). The molecule has 2 aromatic heterocycles. The third kappa shape index (κ3) is 5.97. The lowest BCUT2D eigenvalue weighted by Crippen LogP contribution is -2.49. The molecule has 2 heterocycles. The molecule has 1 atom stereocenters. The largest absolute Gasteiger partial charge is 0.349 e. The Morgan fingerprint density at radius 3 is 2.39 bits per heavy atom. The highest BCUT2D eigenvalue weighted by molar-refractivity contribution is 7.17. The SMILES string of the molecule is CC(C)(C)NC(=O)C(c1ccsc1)N(C(=O)Cc1csc2ccccc12)c1ccc(NC(=O)C2CC2)cc1. The molecule has 196 valence electrons. The van der Waals surface area contributed by atoms with Gasteiger partial charge in [0.05, 0.1) is 6.42 Å². The molecule has 0 bridgehead atoms. The van der Waals surface area contributed by atoms with E-state index in [-0.39, 0.29) is 30.1 Å². The van der Waals surface area contributed by atoms with Crippen LogP contribution in [-0.2, 0) is 20.8 Å². The van der Waals surface area contributed by atoms with Gasteiger partial charge in [0.15, 0.2) is 0 Å². The Labute approximate surface area is 230 Å². The number of fused-ring (bicyclic) bond motifs is 1. The predicted octanol–water partition coefficient (Wildman–Crippen LogP) is 6.54. The van der Waals surface area contributed by atoms with Crippen molar-refractivity contribution in [2.45, 2.75) is 51.6 Å². The van der Waals surface area contributed by atoms with Crippen LogP contribution in [0, 0.1) is 5.92 Å². The summed E-state index contributed by atoms with van der Waals surface area (Å²) in [6, 6.07) is 16.3. The van der Waals surface area contributed by atoms with Crippen molar-refractivity contribution in [2.75, 3.05) is 10.2 Å². The van der Waals surface area contributed by atoms with Gasteiger partial charge in [-0.3, -0.25) is 19.3 Å². The van der Waals surface area contributed by atoms with Gasteiger partial charge >= 0.3 is 0 Å². The number of amides is 3. The first-order valence-corrected chi connectivity index (χ1v) is 14.5. The third-order valence-electron chi connectivity index (χ3n) is 6.40. The zero-order chi connectivity index (χ0) is 26.9. The van der Waals surface area contributed by atoms with Crippen LogP contribution in [0.1, 0.15) is 50.8 Å². The molecule has 0 radical (unpaired) electrons. The Kier molecular flexibility index (Phi) is 7.36. The number of nitrogens with zero attached hydrogens (tertiary/aromatic N) is 1. The van der Waals surface area contributed by atoms with Gasteiger partial charge in [-0.1, -0.05) is 18.2 Å². The summed E-state index contributed by atoms with van der Waals surface area (Å²) < 4.78 is 1.12. The van der Waals surface area contributed by atoms with Crippen LogP contribution in [0.15, 0.2) is 70.7 Å². The average molecular weight is 546 g/mol. The highest BCUT2D eigenvalue weighted by atomic mass is 32.1. The van der Waals surface area contributed by atoms with Crippen molar-refractivity contribution in [1.82, 2.24) is 5.32 Å². The number of nitrogens with one attached hydrogen (secondary N) is 2. The van der Waals surface area contributed by atoms with Crippen LogP contribution in [-0.4, -0.2) is 23.3 Å².